The van der Waals surface area contributed by atoms with E-state index in [1.165, 1.54) is 5.56 Å². The number of nitrogens with zero attached hydrogens (tertiary/aromatic N) is 1. The van der Waals surface area contributed by atoms with Gasteiger partial charge in [-0.25, -0.2) is 0 Å². The Morgan fingerprint density at radius 2 is 1.86 bits per heavy atom. The predicted molar refractivity (Wildman–Crippen MR) is 84.9 cm³/mol. The number of aryl methyl sites for hydroxylation is 1. The Kier molecular flexibility index (Phi) is 6.03. The monoisotopic (exact) mass is 287 g/mol. The van der Waals surface area contributed by atoms with Crippen LogP contribution in [0.2, 0.25) is 0 Å². The van der Waals surface area contributed by atoms with Gasteiger partial charge in [0.05, 0.1) is 12.6 Å². The van der Waals surface area contributed by atoms with Crippen LogP contribution in [0.1, 0.15) is 36.8 Å². The maximum absolute atomic E-state index is 10.1. The van der Waals surface area contributed by atoms with Crippen molar-refractivity contribution in [2.75, 3.05) is 6.54 Å². The molecule has 1 heterocycles. The Morgan fingerprint density at radius 1 is 1.10 bits per heavy atom. The third-order valence-corrected chi connectivity index (χ3v) is 3.52. The second-order valence-electron chi connectivity index (χ2n) is 5.61. The van der Waals surface area contributed by atoms with Crippen LogP contribution in [0.3, 0.4) is 0 Å². The summed E-state index contributed by atoms with van der Waals surface area (Å²) in [5, 5.41) is 10.1. The largest absolute Gasteiger partial charge is 0.465 e. The quantitative estimate of drug-likeness (QED) is 0.803. The van der Waals surface area contributed by atoms with Gasteiger partial charge < -0.3 is 9.52 Å². The molecule has 1 aromatic heterocycles. The summed E-state index contributed by atoms with van der Waals surface area (Å²) in [6, 6.07) is 14.4. The van der Waals surface area contributed by atoms with Crippen LogP contribution in [-0.2, 0) is 13.1 Å². The summed E-state index contributed by atoms with van der Waals surface area (Å²) in [7, 11) is 0. The van der Waals surface area contributed by atoms with Gasteiger partial charge in [-0.2, -0.15) is 0 Å². The van der Waals surface area contributed by atoms with Gasteiger partial charge in [0.2, 0.25) is 0 Å². The van der Waals surface area contributed by atoms with E-state index < -0.39 is 0 Å². The zero-order valence-electron chi connectivity index (χ0n) is 13.0. The Hall–Kier alpha value is -1.58. The number of aliphatic hydroxyl groups is 1. The van der Waals surface area contributed by atoms with E-state index in [0.29, 0.717) is 6.54 Å². The number of rotatable bonds is 8. The molecule has 0 saturated heterocycles. The van der Waals surface area contributed by atoms with Gasteiger partial charge in [-0.05, 0) is 31.0 Å². The van der Waals surface area contributed by atoms with Crippen molar-refractivity contribution in [1.29, 1.82) is 0 Å². The highest BCUT2D eigenvalue weighted by Crippen LogP contribution is 2.14. The molecule has 3 nitrogen and oxygen atoms in total. The second kappa shape index (κ2) is 8.01. The van der Waals surface area contributed by atoms with E-state index in [1.807, 2.05) is 37.3 Å². The minimum atomic E-state index is -0.283. The minimum Gasteiger partial charge on any atom is -0.465 e. The van der Waals surface area contributed by atoms with Gasteiger partial charge in [-0.3, -0.25) is 4.90 Å². The lowest BCUT2D eigenvalue weighted by molar-refractivity contribution is 0.0930. The first-order valence-corrected chi connectivity index (χ1v) is 7.67. The zero-order valence-corrected chi connectivity index (χ0v) is 13.0. The maximum Gasteiger partial charge on any atom is 0.118 e. The predicted octanol–water partition coefficient (Wildman–Crippen LogP) is 3.75. The highest BCUT2D eigenvalue weighted by molar-refractivity contribution is 5.15. The Morgan fingerprint density at radius 3 is 2.48 bits per heavy atom. The fourth-order valence-corrected chi connectivity index (χ4v) is 2.54. The SMILES string of the molecule is CCCC(O)CN(Cc1ccccc1)Cc1ccc(C)o1. The number of benzene rings is 1. The van der Waals surface area contributed by atoms with E-state index in [1.54, 1.807) is 0 Å². The molecule has 1 N–H and O–H groups in total. The fourth-order valence-electron chi connectivity index (χ4n) is 2.54. The normalized spacial score (nSPS) is 12.8. The van der Waals surface area contributed by atoms with Crippen molar-refractivity contribution in [1.82, 2.24) is 4.90 Å². The summed E-state index contributed by atoms with van der Waals surface area (Å²) in [4.78, 5) is 2.24. The third kappa shape index (κ3) is 5.37. The molecule has 0 radical (unpaired) electrons. The molecule has 114 valence electrons. The van der Waals surface area contributed by atoms with E-state index in [4.69, 9.17) is 4.42 Å². The summed E-state index contributed by atoms with van der Waals surface area (Å²) >= 11 is 0. The standard InChI is InChI=1S/C18H25NO2/c1-3-7-17(20)13-19(12-16-8-5-4-6-9-16)14-18-11-10-15(2)21-18/h4-6,8-11,17,20H,3,7,12-14H2,1-2H3. The lowest BCUT2D eigenvalue weighted by Crippen LogP contribution is -2.31. The lowest BCUT2D eigenvalue weighted by atomic mass is 10.1. The fraction of sp³-hybridized carbons (Fsp3) is 0.444. The topological polar surface area (TPSA) is 36.6 Å². The lowest BCUT2D eigenvalue weighted by Gasteiger charge is -2.24. The molecule has 2 rings (SSSR count). The van der Waals surface area contributed by atoms with Crippen LogP contribution in [-0.4, -0.2) is 22.7 Å². The van der Waals surface area contributed by atoms with Gasteiger partial charge in [-0.1, -0.05) is 43.7 Å². The molecule has 21 heavy (non-hydrogen) atoms. The summed E-state index contributed by atoms with van der Waals surface area (Å²) in [6.45, 7) is 6.27. The first-order chi connectivity index (χ1) is 10.2. The van der Waals surface area contributed by atoms with Crippen LogP contribution < -0.4 is 0 Å². The smallest absolute Gasteiger partial charge is 0.118 e. The van der Waals surface area contributed by atoms with Crippen LogP contribution in [0.4, 0.5) is 0 Å². The first kappa shape index (κ1) is 15.8. The van der Waals surface area contributed by atoms with Crippen molar-refractivity contribution in [3.05, 3.63) is 59.5 Å². The summed E-state index contributed by atoms with van der Waals surface area (Å²) in [6.07, 6.45) is 1.55. The molecule has 0 amide bonds. The number of furan rings is 1. The van der Waals surface area contributed by atoms with Crippen molar-refractivity contribution in [2.45, 2.75) is 45.9 Å². The maximum atomic E-state index is 10.1. The van der Waals surface area contributed by atoms with E-state index in [9.17, 15) is 5.11 Å². The zero-order chi connectivity index (χ0) is 15.1. The summed E-state index contributed by atoms with van der Waals surface area (Å²) in [5.41, 5.74) is 1.25. The molecule has 0 aliphatic rings. The molecule has 0 saturated carbocycles. The van der Waals surface area contributed by atoms with Crippen molar-refractivity contribution >= 4 is 0 Å². The minimum absolute atomic E-state index is 0.283. The van der Waals surface area contributed by atoms with Crippen molar-refractivity contribution in [2.24, 2.45) is 0 Å². The molecular weight excluding hydrogens is 262 g/mol. The number of hydrogen-bond donors (Lipinski definition) is 1. The summed E-state index contributed by atoms with van der Waals surface area (Å²) < 4.78 is 5.67. The molecule has 0 aliphatic heterocycles. The molecule has 2 aromatic rings. The second-order valence-corrected chi connectivity index (χ2v) is 5.61. The molecule has 0 bridgehead atoms. The molecule has 1 atom stereocenters. The van der Waals surface area contributed by atoms with Crippen molar-refractivity contribution in [3.8, 4) is 0 Å². The Bertz CT molecular complexity index is 521. The van der Waals surface area contributed by atoms with Gasteiger partial charge in [0, 0.05) is 13.1 Å². The third-order valence-electron chi connectivity index (χ3n) is 3.52. The Labute approximate surface area is 127 Å². The molecular formula is C18H25NO2. The molecule has 0 fully saturated rings. The van der Waals surface area contributed by atoms with Crippen molar-refractivity contribution < 1.29 is 9.52 Å². The average molecular weight is 287 g/mol. The highest BCUT2D eigenvalue weighted by Gasteiger charge is 2.14. The van der Waals surface area contributed by atoms with Crippen LogP contribution in [0.5, 0.6) is 0 Å². The van der Waals surface area contributed by atoms with Crippen LogP contribution >= 0.6 is 0 Å². The molecule has 1 unspecified atom stereocenters. The van der Waals surface area contributed by atoms with E-state index in [-0.39, 0.29) is 6.10 Å². The molecule has 0 aliphatic carbocycles. The van der Waals surface area contributed by atoms with Gasteiger partial charge in [-0.15, -0.1) is 0 Å². The molecule has 3 heteroatoms. The highest BCUT2D eigenvalue weighted by atomic mass is 16.3. The van der Waals surface area contributed by atoms with Crippen LogP contribution in [0.15, 0.2) is 46.9 Å². The average Bonchev–Trinajstić information content (AvgIpc) is 2.85. The van der Waals surface area contributed by atoms with Crippen molar-refractivity contribution in [3.63, 3.8) is 0 Å². The van der Waals surface area contributed by atoms with E-state index in [2.05, 4.69) is 24.0 Å². The molecule has 1 aromatic carbocycles. The Balaban J connectivity index is 2.02. The van der Waals surface area contributed by atoms with E-state index in [0.717, 1.165) is 37.5 Å². The van der Waals surface area contributed by atoms with Crippen LogP contribution in [0, 0.1) is 6.92 Å². The van der Waals surface area contributed by atoms with Gasteiger partial charge >= 0.3 is 0 Å². The summed E-state index contributed by atoms with van der Waals surface area (Å²) in [5.74, 6) is 1.88. The number of hydrogen-bond acceptors (Lipinski definition) is 3. The van der Waals surface area contributed by atoms with Gasteiger partial charge in [0.25, 0.3) is 0 Å². The van der Waals surface area contributed by atoms with Gasteiger partial charge in [0.1, 0.15) is 11.5 Å². The van der Waals surface area contributed by atoms with Crippen LogP contribution in [0.25, 0.3) is 0 Å². The number of aliphatic hydroxyl groups excluding tert-OH is 1. The van der Waals surface area contributed by atoms with E-state index >= 15 is 0 Å². The molecule has 0 spiro atoms. The first-order valence-electron chi connectivity index (χ1n) is 7.67. The van der Waals surface area contributed by atoms with Gasteiger partial charge in [0.15, 0.2) is 0 Å².